The summed E-state index contributed by atoms with van der Waals surface area (Å²) in [6, 6.07) is 34.5. The van der Waals surface area contributed by atoms with Crippen LogP contribution in [-0.2, 0) is 0 Å². The van der Waals surface area contributed by atoms with Crippen molar-refractivity contribution in [2.24, 2.45) is 0 Å². The second-order valence-corrected chi connectivity index (χ2v) is 8.44. The first-order valence-electron chi connectivity index (χ1n) is 10.3. The second-order valence-electron chi connectivity index (χ2n) is 7.66. The molecule has 0 saturated carbocycles. The van der Waals surface area contributed by atoms with Crippen molar-refractivity contribution >= 4 is 73.0 Å². The topological polar surface area (TPSA) is 16.4 Å². The van der Waals surface area contributed by atoms with Gasteiger partial charge < -0.3 is 9.32 Å². The number of para-hydroxylation sites is 1. The standard InChI is InChI=1S/C28H17Cl2NO/c29-21-12-6-14-23(28(21)30)31(19-9-2-1-3-10-19)22-13-7-15-24-27(22)26-20-11-5-4-8-18(20)16-17-25(26)32-24/h1-17H. The van der Waals surface area contributed by atoms with Gasteiger partial charge in [0.1, 0.15) is 11.2 Å². The highest BCUT2D eigenvalue weighted by atomic mass is 35.5. The molecule has 0 fully saturated rings. The Hall–Kier alpha value is -3.46. The molecule has 6 rings (SSSR count). The van der Waals surface area contributed by atoms with Crippen LogP contribution in [-0.4, -0.2) is 0 Å². The number of anilines is 3. The van der Waals surface area contributed by atoms with E-state index < -0.39 is 0 Å². The van der Waals surface area contributed by atoms with E-state index in [1.165, 1.54) is 5.39 Å². The van der Waals surface area contributed by atoms with Crippen molar-refractivity contribution in [3.8, 4) is 0 Å². The first-order chi connectivity index (χ1) is 15.7. The molecule has 5 aromatic carbocycles. The highest BCUT2D eigenvalue weighted by Crippen LogP contribution is 2.47. The SMILES string of the molecule is Clc1cccc(N(c2ccccc2)c2cccc3oc4ccc5ccccc5c4c23)c1Cl. The quantitative estimate of drug-likeness (QED) is 0.265. The number of halogens is 2. The van der Waals surface area contributed by atoms with E-state index in [4.69, 9.17) is 27.6 Å². The molecule has 1 heterocycles. The molecule has 32 heavy (non-hydrogen) atoms. The summed E-state index contributed by atoms with van der Waals surface area (Å²) in [6.07, 6.45) is 0. The van der Waals surface area contributed by atoms with Crippen LogP contribution in [0, 0.1) is 0 Å². The normalized spacial score (nSPS) is 11.4. The predicted octanol–water partition coefficient (Wildman–Crippen LogP) is 9.52. The van der Waals surface area contributed by atoms with Gasteiger partial charge in [0, 0.05) is 11.1 Å². The van der Waals surface area contributed by atoms with E-state index in [0.717, 1.165) is 44.4 Å². The number of nitrogens with zero attached hydrogens (tertiary/aromatic N) is 1. The van der Waals surface area contributed by atoms with E-state index >= 15 is 0 Å². The third-order valence-electron chi connectivity index (χ3n) is 5.79. The van der Waals surface area contributed by atoms with Crippen LogP contribution < -0.4 is 4.90 Å². The molecule has 6 aromatic rings. The molecule has 0 atom stereocenters. The number of hydrogen-bond acceptors (Lipinski definition) is 2. The second kappa shape index (κ2) is 7.59. The molecule has 0 N–H and O–H groups in total. The zero-order valence-electron chi connectivity index (χ0n) is 16.9. The van der Waals surface area contributed by atoms with Gasteiger partial charge in [-0.25, -0.2) is 0 Å². The largest absolute Gasteiger partial charge is 0.456 e. The Balaban J connectivity index is 1.76. The fourth-order valence-corrected chi connectivity index (χ4v) is 4.79. The Morgan fingerprint density at radius 1 is 0.562 bits per heavy atom. The van der Waals surface area contributed by atoms with Gasteiger partial charge in [-0.15, -0.1) is 0 Å². The average Bonchev–Trinajstić information content (AvgIpc) is 3.23. The maximum absolute atomic E-state index is 6.73. The predicted molar refractivity (Wildman–Crippen MR) is 136 cm³/mol. The zero-order valence-corrected chi connectivity index (χ0v) is 18.4. The minimum atomic E-state index is 0.507. The fourth-order valence-electron chi connectivity index (χ4n) is 4.41. The molecule has 0 spiro atoms. The molecule has 2 nitrogen and oxygen atoms in total. The highest BCUT2D eigenvalue weighted by Gasteiger charge is 2.22. The van der Waals surface area contributed by atoms with Crippen LogP contribution in [0.2, 0.25) is 10.0 Å². The summed E-state index contributed by atoms with van der Waals surface area (Å²) < 4.78 is 6.29. The number of hydrogen-bond donors (Lipinski definition) is 0. The molecule has 0 aliphatic heterocycles. The first-order valence-corrected chi connectivity index (χ1v) is 11.1. The minimum absolute atomic E-state index is 0.507. The van der Waals surface area contributed by atoms with Crippen LogP contribution in [0.25, 0.3) is 32.7 Å². The van der Waals surface area contributed by atoms with Gasteiger partial charge in [0.25, 0.3) is 0 Å². The molecule has 0 unspecified atom stereocenters. The molecule has 0 bridgehead atoms. The maximum atomic E-state index is 6.73. The van der Waals surface area contributed by atoms with Gasteiger partial charge in [-0.2, -0.15) is 0 Å². The zero-order chi connectivity index (χ0) is 21.7. The molecule has 1 aromatic heterocycles. The van der Waals surface area contributed by atoms with Crippen LogP contribution in [0.3, 0.4) is 0 Å². The lowest BCUT2D eigenvalue weighted by molar-refractivity contribution is 0.669. The van der Waals surface area contributed by atoms with Gasteiger partial charge in [-0.1, -0.05) is 83.9 Å². The average molecular weight is 454 g/mol. The number of furan rings is 1. The van der Waals surface area contributed by atoms with Crippen molar-refractivity contribution in [3.05, 3.63) is 113 Å². The van der Waals surface area contributed by atoms with Crippen LogP contribution in [0.5, 0.6) is 0 Å². The van der Waals surface area contributed by atoms with Gasteiger partial charge in [-0.05, 0) is 53.2 Å². The van der Waals surface area contributed by atoms with Gasteiger partial charge >= 0.3 is 0 Å². The Morgan fingerprint density at radius 3 is 2.16 bits per heavy atom. The van der Waals surface area contributed by atoms with Gasteiger partial charge in [0.05, 0.1) is 26.8 Å². The van der Waals surface area contributed by atoms with Gasteiger partial charge in [0.15, 0.2) is 0 Å². The number of fused-ring (bicyclic) bond motifs is 5. The van der Waals surface area contributed by atoms with Crippen molar-refractivity contribution in [1.29, 1.82) is 0 Å². The summed E-state index contributed by atoms with van der Waals surface area (Å²) in [5.74, 6) is 0. The molecule has 0 radical (unpaired) electrons. The lowest BCUT2D eigenvalue weighted by Crippen LogP contribution is -2.10. The van der Waals surface area contributed by atoms with Crippen LogP contribution in [0.4, 0.5) is 17.1 Å². The minimum Gasteiger partial charge on any atom is -0.456 e. The van der Waals surface area contributed by atoms with Crippen molar-refractivity contribution in [1.82, 2.24) is 0 Å². The van der Waals surface area contributed by atoms with Crippen LogP contribution in [0.15, 0.2) is 108 Å². The lowest BCUT2D eigenvalue weighted by Gasteiger charge is -2.27. The lowest BCUT2D eigenvalue weighted by atomic mass is 10.0. The Morgan fingerprint density at radius 2 is 1.28 bits per heavy atom. The van der Waals surface area contributed by atoms with E-state index in [9.17, 15) is 0 Å². The fraction of sp³-hybridized carbons (Fsp3) is 0. The molecule has 0 aliphatic carbocycles. The van der Waals surface area contributed by atoms with E-state index in [1.807, 2.05) is 48.5 Å². The first kappa shape index (κ1) is 19.2. The summed E-state index contributed by atoms with van der Waals surface area (Å²) in [4.78, 5) is 2.15. The van der Waals surface area contributed by atoms with E-state index in [2.05, 4.69) is 53.4 Å². The summed E-state index contributed by atoms with van der Waals surface area (Å²) in [5, 5.41) is 5.48. The third kappa shape index (κ3) is 2.96. The summed E-state index contributed by atoms with van der Waals surface area (Å²) >= 11 is 13.2. The molecule has 0 aliphatic rings. The number of benzene rings is 5. The third-order valence-corrected chi connectivity index (χ3v) is 6.60. The Labute approximate surface area is 195 Å². The monoisotopic (exact) mass is 453 g/mol. The van der Waals surface area contributed by atoms with E-state index in [1.54, 1.807) is 6.07 Å². The summed E-state index contributed by atoms with van der Waals surface area (Å²) in [5.41, 5.74) is 4.46. The highest BCUT2D eigenvalue weighted by molar-refractivity contribution is 6.44. The summed E-state index contributed by atoms with van der Waals surface area (Å²) in [6.45, 7) is 0. The van der Waals surface area contributed by atoms with E-state index in [-0.39, 0.29) is 0 Å². The smallest absolute Gasteiger partial charge is 0.137 e. The van der Waals surface area contributed by atoms with Gasteiger partial charge in [0.2, 0.25) is 0 Å². The maximum Gasteiger partial charge on any atom is 0.137 e. The van der Waals surface area contributed by atoms with Gasteiger partial charge in [-0.3, -0.25) is 0 Å². The molecule has 0 amide bonds. The molecule has 154 valence electrons. The Kier molecular flexibility index (Phi) is 4.57. The van der Waals surface area contributed by atoms with Crippen molar-refractivity contribution in [2.45, 2.75) is 0 Å². The Bertz CT molecular complexity index is 1600. The van der Waals surface area contributed by atoms with Crippen molar-refractivity contribution in [2.75, 3.05) is 4.90 Å². The molecule has 4 heteroatoms. The van der Waals surface area contributed by atoms with E-state index in [0.29, 0.717) is 10.0 Å². The molecular weight excluding hydrogens is 437 g/mol. The summed E-state index contributed by atoms with van der Waals surface area (Å²) in [7, 11) is 0. The van der Waals surface area contributed by atoms with Crippen molar-refractivity contribution in [3.63, 3.8) is 0 Å². The number of rotatable bonds is 3. The van der Waals surface area contributed by atoms with Crippen molar-refractivity contribution < 1.29 is 4.42 Å². The molecular formula is C28H17Cl2NO. The molecule has 0 saturated heterocycles. The van der Waals surface area contributed by atoms with Crippen LogP contribution >= 0.6 is 23.2 Å². The van der Waals surface area contributed by atoms with Crippen LogP contribution in [0.1, 0.15) is 0 Å².